The van der Waals surface area contributed by atoms with Gasteiger partial charge in [0.25, 0.3) is 5.92 Å². The van der Waals surface area contributed by atoms with Gasteiger partial charge in [0.1, 0.15) is 6.17 Å². The molecule has 0 aromatic heterocycles. The topological polar surface area (TPSA) is 3.24 Å². The van der Waals surface area contributed by atoms with Crippen molar-refractivity contribution in [3.05, 3.63) is 0 Å². The van der Waals surface area contributed by atoms with Crippen molar-refractivity contribution in [3.8, 4) is 0 Å². The summed E-state index contributed by atoms with van der Waals surface area (Å²) in [5.41, 5.74) is -1.15. The summed E-state index contributed by atoms with van der Waals surface area (Å²) < 4.78 is 40.6. The molecule has 0 amide bonds. The summed E-state index contributed by atoms with van der Waals surface area (Å²) in [6, 6.07) is 0. The Morgan fingerprint density at radius 2 is 2.14 bits per heavy atom. The second kappa shape index (κ2) is 3.12. The molecule has 2 heterocycles. The quantitative estimate of drug-likeness (QED) is 0.672. The van der Waals surface area contributed by atoms with E-state index in [0.29, 0.717) is 19.4 Å². The molecule has 0 aromatic rings. The highest BCUT2D eigenvalue weighted by Gasteiger charge is 2.64. The first-order valence-electron chi connectivity index (χ1n) is 5.29. The molecule has 0 aliphatic carbocycles. The van der Waals surface area contributed by atoms with E-state index < -0.39 is 17.6 Å². The summed E-state index contributed by atoms with van der Waals surface area (Å²) in [6.07, 6.45) is -0.0278. The van der Waals surface area contributed by atoms with Gasteiger partial charge in [-0.3, -0.25) is 4.90 Å². The van der Waals surface area contributed by atoms with Gasteiger partial charge in [-0.05, 0) is 6.42 Å². The minimum atomic E-state index is -2.69. The van der Waals surface area contributed by atoms with Crippen LogP contribution in [-0.2, 0) is 0 Å². The standard InChI is InChI=1S/C10H16F3N/c1-2-3-9-6-8(11)7-14(9)5-4-10(9,12)13/h8H,2-7H2,1H3/t8-,9-/m1/s1. The highest BCUT2D eigenvalue weighted by molar-refractivity contribution is 5.12. The first kappa shape index (κ1) is 10.3. The Kier molecular flexibility index (Phi) is 2.29. The Morgan fingerprint density at radius 1 is 1.43 bits per heavy atom. The van der Waals surface area contributed by atoms with Crippen LogP contribution in [0, 0.1) is 0 Å². The summed E-state index contributed by atoms with van der Waals surface area (Å²) in [6.45, 7) is 2.44. The van der Waals surface area contributed by atoms with Crippen molar-refractivity contribution < 1.29 is 13.2 Å². The molecule has 2 saturated heterocycles. The third-order valence-electron chi connectivity index (χ3n) is 3.62. The molecule has 0 N–H and O–H groups in total. The normalized spacial score (nSPS) is 41.6. The molecule has 1 nitrogen and oxygen atoms in total. The lowest BCUT2D eigenvalue weighted by Crippen LogP contribution is -2.49. The van der Waals surface area contributed by atoms with Gasteiger partial charge in [-0.1, -0.05) is 13.3 Å². The maximum atomic E-state index is 13.7. The average Bonchev–Trinajstić information content (AvgIpc) is 2.50. The number of rotatable bonds is 2. The number of halogens is 3. The van der Waals surface area contributed by atoms with Gasteiger partial charge in [0.05, 0.1) is 5.54 Å². The van der Waals surface area contributed by atoms with Gasteiger partial charge in [-0.2, -0.15) is 0 Å². The molecule has 0 saturated carbocycles. The van der Waals surface area contributed by atoms with Crippen LogP contribution in [0.15, 0.2) is 0 Å². The first-order valence-corrected chi connectivity index (χ1v) is 5.29. The van der Waals surface area contributed by atoms with Gasteiger partial charge >= 0.3 is 0 Å². The zero-order valence-corrected chi connectivity index (χ0v) is 8.40. The van der Waals surface area contributed by atoms with E-state index in [4.69, 9.17) is 0 Å². The maximum Gasteiger partial charge on any atom is 0.267 e. The molecule has 0 spiro atoms. The summed E-state index contributed by atoms with van der Waals surface area (Å²) in [5, 5.41) is 0. The van der Waals surface area contributed by atoms with Crippen LogP contribution in [0.5, 0.6) is 0 Å². The van der Waals surface area contributed by atoms with Crippen molar-refractivity contribution in [2.45, 2.75) is 50.2 Å². The van der Waals surface area contributed by atoms with Crippen LogP contribution in [0.25, 0.3) is 0 Å². The van der Waals surface area contributed by atoms with Crippen LogP contribution in [0.4, 0.5) is 13.2 Å². The molecule has 0 aromatic carbocycles. The van der Waals surface area contributed by atoms with E-state index in [1.54, 1.807) is 4.90 Å². The molecular weight excluding hydrogens is 191 g/mol. The second-order valence-corrected chi connectivity index (χ2v) is 4.48. The third kappa shape index (κ3) is 1.19. The Hall–Kier alpha value is -0.250. The number of alkyl halides is 3. The number of fused-ring (bicyclic) bond motifs is 1. The lowest BCUT2D eigenvalue weighted by molar-refractivity contribution is -0.0887. The Labute approximate surface area is 82.3 Å². The van der Waals surface area contributed by atoms with E-state index >= 15 is 0 Å². The van der Waals surface area contributed by atoms with E-state index in [-0.39, 0.29) is 19.4 Å². The van der Waals surface area contributed by atoms with E-state index in [1.165, 1.54) is 0 Å². The highest BCUT2D eigenvalue weighted by atomic mass is 19.3. The average molecular weight is 207 g/mol. The molecule has 2 aliphatic rings. The van der Waals surface area contributed by atoms with Crippen LogP contribution in [0.3, 0.4) is 0 Å². The largest absolute Gasteiger partial charge is 0.289 e. The first-order chi connectivity index (χ1) is 6.52. The molecule has 14 heavy (non-hydrogen) atoms. The van der Waals surface area contributed by atoms with Gasteiger partial charge in [0.15, 0.2) is 0 Å². The van der Waals surface area contributed by atoms with Gasteiger partial charge in [0, 0.05) is 25.9 Å². The molecule has 2 atom stereocenters. The SMILES string of the molecule is CCC[C@]12C[C@@H](F)CN1CCC2(F)F. The van der Waals surface area contributed by atoms with E-state index in [1.807, 2.05) is 6.92 Å². The molecule has 0 bridgehead atoms. The Balaban J connectivity index is 2.28. The number of hydrogen-bond acceptors (Lipinski definition) is 1. The highest BCUT2D eigenvalue weighted by Crippen LogP contribution is 2.52. The molecule has 0 radical (unpaired) electrons. The van der Waals surface area contributed by atoms with Crippen LogP contribution < -0.4 is 0 Å². The van der Waals surface area contributed by atoms with Gasteiger partial charge in [-0.25, -0.2) is 13.2 Å². The summed E-state index contributed by atoms with van der Waals surface area (Å²) >= 11 is 0. The van der Waals surface area contributed by atoms with Crippen molar-refractivity contribution in [1.29, 1.82) is 0 Å². The van der Waals surface area contributed by atoms with Crippen molar-refractivity contribution in [2.75, 3.05) is 13.1 Å². The zero-order valence-electron chi connectivity index (χ0n) is 8.40. The van der Waals surface area contributed by atoms with Crippen LogP contribution in [-0.4, -0.2) is 35.6 Å². The third-order valence-corrected chi connectivity index (χ3v) is 3.62. The molecular formula is C10H16F3N. The summed E-state index contributed by atoms with van der Waals surface area (Å²) in [5.74, 6) is -2.69. The van der Waals surface area contributed by atoms with Gasteiger partial charge < -0.3 is 0 Å². The van der Waals surface area contributed by atoms with Crippen LogP contribution in [0.2, 0.25) is 0 Å². The number of hydrogen-bond donors (Lipinski definition) is 0. The van der Waals surface area contributed by atoms with E-state index in [2.05, 4.69) is 0 Å². The van der Waals surface area contributed by atoms with Crippen molar-refractivity contribution in [3.63, 3.8) is 0 Å². The zero-order chi connectivity index (χ0) is 10.4. The van der Waals surface area contributed by atoms with Crippen molar-refractivity contribution in [2.24, 2.45) is 0 Å². The lowest BCUT2D eigenvalue weighted by atomic mass is 9.85. The van der Waals surface area contributed by atoms with E-state index in [9.17, 15) is 13.2 Å². The fourth-order valence-corrected chi connectivity index (χ4v) is 3.02. The molecule has 82 valence electrons. The Morgan fingerprint density at radius 3 is 2.79 bits per heavy atom. The minimum Gasteiger partial charge on any atom is -0.289 e. The number of nitrogens with zero attached hydrogens (tertiary/aromatic N) is 1. The van der Waals surface area contributed by atoms with Crippen molar-refractivity contribution >= 4 is 0 Å². The minimum absolute atomic E-state index is 0.0217. The summed E-state index contributed by atoms with van der Waals surface area (Å²) in [7, 11) is 0. The summed E-state index contributed by atoms with van der Waals surface area (Å²) in [4.78, 5) is 1.67. The Bertz CT molecular complexity index is 231. The fourth-order valence-electron chi connectivity index (χ4n) is 3.02. The lowest BCUT2D eigenvalue weighted by Gasteiger charge is -2.36. The monoisotopic (exact) mass is 207 g/mol. The molecule has 2 fully saturated rings. The van der Waals surface area contributed by atoms with Crippen LogP contribution in [0.1, 0.15) is 32.6 Å². The van der Waals surface area contributed by atoms with Gasteiger partial charge in [0.2, 0.25) is 0 Å². The predicted molar refractivity (Wildman–Crippen MR) is 48.3 cm³/mol. The molecule has 0 unspecified atom stereocenters. The molecule has 2 rings (SSSR count). The van der Waals surface area contributed by atoms with Crippen LogP contribution >= 0.6 is 0 Å². The molecule has 2 aliphatic heterocycles. The predicted octanol–water partition coefficient (Wildman–Crippen LogP) is 2.61. The van der Waals surface area contributed by atoms with E-state index in [0.717, 1.165) is 0 Å². The molecule has 4 heteroatoms. The van der Waals surface area contributed by atoms with Gasteiger partial charge in [-0.15, -0.1) is 0 Å². The smallest absolute Gasteiger partial charge is 0.267 e. The second-order valence-electron chi connectivity index (χ2n) is 4.48. The van der Waals surface area contributed by atoms with Crippen molar-refractivity contribution in [1.82, 2.24) is 4.90 Å². The fraction of sp³-hybridized carbons (Fsp3) is 1.00. The maximum absolute atomic E-state index is 13.7.